The maximum absolute atomic E-state index is 12.0. The number of benzene rings is 2. The van der Waals surface area contributed by atoms with Crippen molar-refractivity contribution in [3.8, 4) is 17.0 Å². The van der Waals surface area contributed by atoms with Gasteiger partial charge in [0.25, 0.3) is 0 Å². The Balaban J connectivity index is 1.62. The lowest BCUT2D eigenvalue weighted by atomic mass is 10.1. The fourth-order valence-corrected chi connectivity index (χ4v) is 3.89. The van der Waals surface area contributed by atoms with Gasteiger partial charge in [0, 0.05) is 10.6 Å². The van der Waals surface area contributed by atoms with Crippen LogP contribution in [-0.2, 0) is 11.2 Å². The number of fused-ring (bicyclic) bond motifs is 1. The van der Waals surface area contributed by atoms with Crippen molar-refractivity contribution in [2.45, 2.75) is 25.9 Å². The normalized spacial score (nSPS) is 15.1. The zero-order chi connectivity index (χ0) is 20.4. The molecule has 0 N–H and O–H groups in total. The second-order valence-corrected chi connectivity index (χ2v) is 7.61. The highest BCUT2D eigenvalue weighted by Gasteiger charge is 2.27. The van der Waals surface area contributed by atoms with Crippen molar-refractivity contribution >= 4 is 29.2 Å². The van der Waals surface area contributed by atoms with Crippen LogP contribution in [0.25, 0.3) is 11.3 Å². The lowest BCUT2D eigenvalue weighted by Crippen LogP contribution is -2.07. The van der Waals surface area contributed by atoms with Crippen LogP contribution in [0, 0.1) is 0 Å². The fraction of sp³-hybridized carbons (Fsp3) is 0.217. The highest BCUT2D eigenvalue weighted by atomic mass is 35.5. The van der Waals surface area contributed by atoms with Gasteiger partial charge in [-0.3, -0.25) is 0 Å². The molecule has 0 saturated heterocycles. The summed E-state index contributed by atoms with van der Waals surface area (Å²) in [6.07, 6.45) is 1.53. The van der Waals surface area contributed by atoms with Gasteiger partial charge in [0.2, 0.25) is 0 Å². The van der Waals surface area contributed by atoms with Crippen molar-refractivity contribution in [3.63, 3.8) is 0 Å². The van der Waals surface area contributed by atoms with Gasteiger partial charge in [0.15, 0.2) is 0 Å². The fourth-order valence-electron chi connectivity index (χ4n) is 3.44. The molecule has 1 aliphatic carbocycles. The Bertz CT molecular complexity index is 1070. The zero-order valence-corrected chi connectivity index (χ0v) is 17.3. The number of aromatic nitrogens is 1. The summed E-state index contributed by atoms with van der Waals surface area (Å²) in [7, 11) is 0. The minimum atomic E-state index is -0.339. The summed E-state index contributed by atoms with van der Waals surface area (Å²) in [5.74, 6) is 0.250. The van der Waals surface area contributed by atoms with Gasteiger partial charge >= 0.3 is 5.97 Å². The molecule has 29 heavy (non-hydrogen) atoms. The van der Waals surface area contributed by atoms with Gasteiger partial charge in [-0.15, -0.1) is 0 Å². The van der Waals surface area contributed by atoms with E-state index < -0.39 is 0 Å². The van der Waals surface area contributed by atoms with E-state index in [1.165, 1.54) is 0 Å². The van der Waals surface area contributed by atoms with Gasteiger partial charge in [-0.05, 0) is 61.7 Å². The van der Waals surface area contributed by atoms with E-state index in [1.54, 1.807) is 37.3 Å². The van der Waals surface area contributed by atoms with Crippen LogP contribution in [0.5, 0.6) is 5.75 Å². The Labute approximate surface area is 179 Å². The third-order valence-electron chi connectivity index (χ3n) is 4.83. The number of aryl methyl sites for hydroxylation is 1. The Hall–Kier alpha value is -2.56. The molecule has 0 fully saturated rings. The van der Waals surface area contributed by atoms with Crippen molar-refractivity contribution in [1.29, 1.82) is 0 Å². The maximum atomic E-state index is 12.0. The van der Waals surface area contributed by atoms with E-state index in [1.807, 2.05) is 18.2 Å². The molecule has 148 valence electrons. The van der Waals surface area contributed by atoms with E-state index in [9.17, 15) is 4.79 Å². The maximum Gasteiger partial charge on any atom is 0.338 e. The Morgan fingerprint density at radius 1 is 1.14 bits per heavy atom. The van der Waals surface area contributed by atoms with E-state index in [-0.39, 0.29) is 12.1 Å². The van der Waals surface area contributed by atoms with Crippen LogP contribution in [0.3, 0.4) is 0 Å². The van der Waals surface area contributed by atoms with Crippen LogP contribution in [0.2, 0.25) is 10.0 Å². The second-order valence-electron chi connectivity index (χ2n) is 6.76. The Morgan fingerprint density at radius 2 is 2.00 bits per heavy atom. The standard InChI is InChI=1S/C23H19Cl2NO3/c1-2-28-23(27)16-5-3-4-15(12-16)19-9-6-14-7-10-21(22(14)26-19)29-20-11-8-17(24)13-18(20)25/h3-6,8-9,11-13,21H,2,7,10H2,1H3. The molecule has 4 rings (SSSR count). The summed E-state index contributed by atoms with van der Waals surface area (Å²) in [6.45, 7) is 2.13. The molecule has 0 radical (unpaired) electrons. The van der Waals surface area contributed by atoms with Crippen LogP contribution in [-0.4, -0.2) is 17.6 Å². The molecule has 0 aliphatic heterocycles. The molecule has 0 bridgehead atoms. The van der Waals surface area contributed by atoms with E-state index in [4.69, 9.17) is 37.7 Å². The van der Waals surface area contributed by atoms with Crippen molar-refractivity contribution in [2.24, 2.45) is 0 Å². The average Bonchev–Trinajstić information content (AvgIpc) is 3.12. The topological polar surface area (TPSA) is 48.4 Å². The highest BCUT2D eigenvalue weighted by Crippen LogP contribution is 2.38. The van der Waals surface area contributed by atoms with Crippen LogP contribution in [0.15, 0.2) is 54.6 Å². The molecular formula is C23H19Cl2NO3. The number of pyridine rings is 1. The third kappa shape index (κ3) is 4.24. The predicted octanol–water partition coefficient (Wildman–Crippen LogP) is 6.30. The number of halogens is 2. The Morgan fingerprint density at radius 3 is 2.79 bits per heavy atom. The molecular weight excluding hydrogens is 409 g/mol. The summed E-state index contributed by atoms with van der Waals surface area (Å²) >= 11 is 12.2. The molecule has 1 aromatic heterocycles. The molecule has 1 aliphatic rings. The van der Waals surface area contributed by atoms with Crippen LogP contribution >= 0.6 is 23.2 Å². The summed E-state index contributed by atoms with van der Waals surface area (Å²) < 4.78 is 11.2. The average molecular weight is 428 g/mol. The number of rotatable bonds is 5. The van der Waals surface area contributed by atoms with Gasteiger partial charge in [-0.2, -0.15) is 0 Å². The molecule has 1 atom stereocenters. The van der Waals surface area contributed by atoms with Crippen LogP contribution in [0.4, 0.5) is 0 Å². The third-order valence-corrected chi connectivity index (χ3v) is 5.36. The number of ether oxygens (including phenoxy) is 2. The lowest BCUT2D eigenvalue weighted by molar-refractivity contribution is 0.0526. The summed E-state index contributed by atoms with van der Waals surface area (Å²) in [4.78, 5) is 16.9. The second kappa shape index (κ2) is 8.44. The van der Waals surface area contributed by atoms with E-state index in [0.717, 1.165) is 35.4 Å². The monoisotopic (exact) mass is 427 g/mol. The van der Waals surface area contributed by atoms with E-state index in [0.29, 0.717) is 28.0 Å². The van der Waals surface area contributed by atoms with E-state index >= 15 is 0 Å². The highest BCUT2D eigenvalue weighted by molar-refractivity contribution is 6.35. The largest absolute Gasteiger partial charge is 0.483 e. The van der Waals surface area contributed by atoms with Crippen molar-refractivity contribution in [3.05, 3.63) is 81.5 Å². The number of carbonyl (C=O) groups excluding carboxylic acids is 1. The zero-order valence-electron chi connectivity index (χ0n) is 15.8. The Kier molecular flexibility index (Phi) is 5.74. The lowest BCUT2D eigenvalue weighted by Gasteiger charge is -2.16. The molecule has 0 saturated carbocycles. The summed E-state index contributed by atoms with van der Waals surface area (Å²) in [5, 5.41) is 1.04. The van der Waals surface area contributed by atoms with Gasteiger partial charge in [-0.25, -0.2) is 9.78 Å². The number of nitrogens with zero attached hydrogens (tertiary/aromatic N) is 1. The molecule has 6 heteroatoms. The van der Waals surface area contributed by atoms with Gasteiger partial charge < -0.3 is 9.47 Å². The SMILES string of the molecule is CCOC(=O)c1cccc(-c2ccc3c(n2)C(Oc2ccc(Cl)cc2Cl)CC3)c1. The van der Waals surface area contributed by atoms with Crippen molar-refractivity contribution in [2.75, 3.05) is 6.61 Å². The molecule has 1 heterocycles. The molecule has 4 nitrogen and oxygen atoms in total. The van der Waals surface area contributed by atoms with Crippen molar-refractivity contribution in [1.82, 2.24) is 4.98 Å². The van der Waals surface area contributed by atoms with E-state index in [2.05, 4.69) is 6.07 Å². The molecule has 1 unspecified atom stereocenters. The van der Waals surface area contributed by atoms with Gasteiger partial charge in [-0.1, -0.05) is 41.4 Å². The summed E-state index contributed by atoms with van der Waals surface area (Å²) in [5.41, 5.74) is 4.20. The van der Waals surface area contributed by atoms with Crippen molar-refractivity contribution < 1.29 is 14.3 Å². The number of hydrogen-bond donors (Lipinski definition) is 0. The molecule has 2 aromatic carbocycles. The molecule has 0 spiro atoms. The minimum absolute atomic E-state index is 0.183. The first-order chi connectivity index (χ1) is 14.0. The van der Waals surface area contributed by atoms with Gasteiger partial charge in [0.05, 0.1) is 28.6 Å². The molecule has 0 amide bonds. The smallest absolute Gasteiger partial charge is 0.338 e. The minimum Gasteiger partial charge on any atom is -0.483 e. The number of esters is 1. The van der Waals surface area contributed by atoms with Crippen LogP contribution in [0.1, 0.15) is 41.1 Å². The first-order valence-electron chi connectivity index (χ1n) is 9.44. The quantitative estimate of drug-likeness (QED) is 0.448. The van der Waals surface area contributed by atoms with Gasteiger partial charge in [0.1, 0.15) is 11.9 Å². The first kappa shape index (κ1) is 19.7. The number of hydrogen-bond acceptors (Lipinski definition) is 4. The van der Waals surface area contributed by atoms with Crippen LogP contribution < -0.4 is 4.74 Å². The number of carbonyl (C=O) groups is 1. The summed E-state index contributed by atoms with van der Waals surface area (Å²) in [6, 6.07) is 16.5. The first-order valence-corrected chi connectivity index (χ1v) is 10.2. The molecule has 3 aromatic rings. The predicted molar refractivity (Wildman–Crippen MR) is 114 cm³/mol.